The number of aliphatic imine (C=N–C) groups is 1. The number of hydrogen-bond donors (Lipinski definition) is 2. The Morgan fingerprint density at radius 2 is 2.09 bits per heavy atom. The van der Waals surface area contributed by atoms with E-state index >= 15 is 0 Å². The van der Waals surface area contributed by atoms with Crippen molar-refractivity contribution in [1.82, 2.24) is 15.5 Å². The summed E-state index contributed by atoms with van der Waals surface area (Å²) in [6.07, 6.45) is -0.323. The molecule has 0 fully saturated rings. The quantitative estimate of drug-likeness (QED) is 0.408. The van der Waals surface area contributed by atoms with Crippen molar-refractivity contribution in [3.05, 3.63) is 22.4 Å². The molecule has 1 aromatic heterocycles. The maximum Gasteiger partial charge on any atom is 0.410 e. The van der Waals surface area contributed by atoms with Gasteiger partial charge in [0.05, 0.1) is 6.54 Å². The van der Waals surface area contributed by atoms with Crippen LogP contribution in [0.4, 0.5) is 4.79 Å². The molecule has 0 aliphatic heterocycles. The van der Waals surface area contributed by atoms with Crippen molar-refractivity contribution in [2.75, 3.05) is 27.2 Å². The molecule has 1 rings (SSSR count). The van der Waals surface area contributed by atoms with Crippen LogP contribution < -0.4 is 10.6 Å². The van der Waals surface area contributed by atoms with Gasteiger partial charge in [-0.15, -0.1) is 35.3 Å². The van der Waals surface area contributed by atoms with E-state index in [1.54, 1.807) is 30.3 Å². The minimum Gasteiger partial charge on any atom is -0.444 e. The summed E-state index contributed by atoms with van der Waals surface area (Å²) in [4.78, 5) is 18.8. The Bertz CT molecular complexity index is 486. The van der Waals surface area contributed by atoms with Crippen LogP contribution in [-0.4, -0.2) is 49.7 Å². The Kier molecular flexibility index (Phi) is 10.2. The van der Waals surface area contributed by atoms with Gasteiger partial charge in [0.15, 0.2) is 5.96 Å². The Morgan fingerprint density at radius 1 is 1.39 bits per heavy atom. The average Bonchev–Trinajstić information content (AvgIpc) is 2.93. The zero-order chi connectivity index (χ0) is 16.6. The number of nitrogens with one attached hydrogen (secondary N) is 2. The number of halogens is 1. The summed E-state index contributed by atoms with van der Waals surface area (Å²) in [6.45, 7) is 7.43. The number of amides is 1. The maximum absolute atomic E-state index is 11.8. The molecule has 0 saturated heterocycles. The standard InChI is InChI=1S/C15H26N4O2S.HI/c1-15(2,3)21-14(20)19(5)9-8-17-13(16-4)18-11-12-7-6-10-22-12;/h6-7,10H,8-9,11H2,1-5H3,(H2,16,17,18);1H. The summed E-state index contributed by atoms with van der Waals surface area (Å²) in [5.74, 6) is 0.714. The molecule has 23 heavy (non-hydrogen) atoms. The summed E-state index contributed by atoms with van der Waals surface area (Å²) in [7, 11) is 3.44. The molecule has 0 bridgehead atoms. The molecule has 0 radical (unpaired) electrons. The molecular weight excluding hydrogens is 427 g/mol. The SMILES string of the molecule is CN=C(NCCN(C)C(=O)OC(C)(C)C)NCc1cccs1.I. The number of carbonyl (C=O) groups excluding carboxylic acids is 1. The number of likely N-dealkylation sites (N-methyl/N-ethyl adjacent to an activating group) is 1. The molecule has 6 nitrogen and oxygen atoms in total. The van der Waals surface area contributed by atoms with Crippen LogP contribution in [0.5, 0.6) is 0 Å². The van der Waals surface area contributed by atoms with Crippen molar-refractivity contribution in [2.24, 2.45) is 4.99 Å². The molecule has 1 heterocycles. The predicted octanol–water partition coefficient (Wildman–Crippen LogP) is 2.90. The Balaban J connectivity index is 0.00000484. The predicted molar refractivity (Wildman–Crippen MR) is 107 cm³/mol. The summed E-state index contributed by atoms with van der Waals surface area (Å²) in [6, 6.07) is 4.09. The fraction of sp³-hybridized carbons (Fsp3) is 0.600. The summed E-state index contributed by atoms with van der Waals surface area (Å²) in [5.41, 5.74) is -0.475. The van der Waals surface area contributed by atoms with Crippen LogP contribution in [0.1, 0.15) is 25.6 Å². The van der Waals surface area contributed by atoms with Crippen LogP contribution in [0.15, 0.2) is 22.5 Å². The number of rotatable bonds is 5. The van der Waals surface area contributed by atoms with Crippen molar-refractivity contribution in [3.63, 3.8) is 0 Å². The number of thiophene rings is 1. The van der Waals surface area contributed by atoms with Gasteiger partial charge in [0.1, 0.15) is 5.60 Å². The molecule has 0 aromatic carbocycles. The molecule has 0 aliphatic rings. The van der Waals surface area contributed by atoms with E-state index < -0.39 is 5.60 Å². The number of carbonyl (C=O) groups is 1. The number of guanidine groups is 1. The summed E-state index contributed by atoms with van der Waals surface area (Å²) in [5, 5.41) is 8.45. The van der Waals surface area contributed by atoms with Gasteiger partial charge in [-0.25, -0.2) is 4.79 Å². The third kappa shape index (κ3) is 9.65. The van der Waals surface area contributed by atoms with E-state index in [1.165, 1.54) is 4.88 Å². The van der Waals surface area contributed by atoms with E-state index in [9.17, 15) is 4.79 Å². The van der Waals surface area contributed by atoms with Crippen LogP contribution in [0.3, 0.4) is 0 Å². The number of nitrogens with zero attached hydrogens (tertiary/aromatic N) is 2. The van der Waals surface area contributed by atoms with Crippen molar-refractivity contribution < 1.29 is 9.53 Å². The first-order valence-electron chi connectivity index (χ1n) is 7.23. The molecule has 0 aliphatic carbocycles. The third-order valence-corrected chi connectivity index (χ3v) is 3.55. The van der Waals surface area contributed by atoms with Gasteiger partial charge in [-0.1, -0.05) is 6.07 Å². The lowest BCUT2D eigenvalue weighted by Gasteiger charge is -2.24. The molecule has 2 N–H and O–H groups in total. The van der Waals surface area contributed by atoms with Crippen molar-refractivity contribution in [2.45, 2.75) is 32.9 Å². The molecule has 1 aromatic rings. The van der Waals surface area contributed by atoms with Gasteiger partial charge < -0.3 is 20.3 Å². The van der Waals surface area contributed by atoms with Crippen LogP contribution in [0, 0.1) is 0 Å². The van der Waals surface area contributed by atoms with Gasteiger partial charge in [0, 0.05) is 32.1 Å². The summed E-state index contributed by atoms with van der Waals surface area (Å²) >= 11 is 1.70. The molecule has 0 unspecified atom stereocenters. The van der Waals surface area contributed by atoms with E-state index in [2.05, 4.69) is 21.7 Å². The minimum atomic E-state index is -0.475. The molecule has 132 valence electrons. The van der Waals surface area contributed by atoms with Crippen LogP contribution in [-0.2, 0) is 11.3 Å². The third-order valence-electron chi connectivity index (χ3n) is 2.68. The molecule has 0 saturated carbocycles. The lowest BCUT2D eigenvalue weighted by atomic mass is 10.2. The van der Waals surface area contributed by atoms with Gasteiger partial charge in [-0.3, -0.25) is 4.99 Å². The highest BCUT2D eigenvalue weighted by molar-refractivity contribution is 14.0. The molecule has 8 heteroatoms. The van der Waals surface area contributed by atoms with Crippen LogP contribution >= 0.6 is 35.3 Å². The van der Waals surface area contributed by atoms with Crippen molar-refractivity contribution in [3.8, 4) is 0 Å². The van der Waals surface area contributed by atoms with E-state index in [4.69, 9.17) is 4.74 Å². The zero-order valence-electron chi connectivity index (χ0n) is 14.4. The first-order valence-corrected chi connectivity index (χ1v) is 8.11. The average molecular weight is 454 g/mol. The fourth-order valence-corrected chi connectivity index (χ4v) is 2.22. The zero-order valence-corrected chi connectivity index (χ0v) is 17.5. The van der Waals surface area contributed by atoms with Gasteiger partial charge in [0.25, 0.3) is 0 Å². The number of hydrogen-bond acceptors (Lipinski definition) is 4. The first-order chi connectivity index (χ1) is 10.3. The second-order valence-electron chi connectivity index (χ2n) is 5.83. The highest BCUT2D eigenvalue weighted by Crippen LogP contribution is 2.09. The summed E-state index contributed by atoms with van der Waals surface area (Å²) < 4.78 is 5.29. The molecule has 0 atom stereocenters. The Morgan fingerprint density at radius 3 is 2.61 bits per heavy atom. The number of ether oxygens (including phenoxy) is 1. The van der Waals surface area contributed by atoms with Crippen LogP contribution in [0.2, 0.25) is 0 Å². The Hall–Kier alpha value is -1.03. The van der Waals surface area contributed by atoms with E-state index in [0.29, 0.717) is 19.0 Å². The normalized spacial score (nSPS) is 11.4. The lowest BCUT2D eigenvalue weighted by Crippen LogP contribution is -2.42. The highest BCUT2D eigenvalue weighted by Gasteiger charge is 2.19. The van der Waals surface area contributed by atoms with Gasteiger partial charge >= 0.3 is 6.09 Å². The van der Waals surface area contributed by atoms with Crippen LogP contribution in [0.25, 0.3) is 0 Å². The topological polar surface area (TPSA) is 66.0 Å². The van der Waals surface area contributed by atoms with Gasteiger partial charge in [-0.2, -0.15) is 0 Å². The van der Waals surface area contributed by atoms with Gasteiger partial charge in [0.2, 0.25) is 0 Å². The van der Waals surface area contributed by atoms with Crippen molar-refractivity contribution in [1.29, 1.82) is 0 Å². The lowest BCUT2D eigenvalue weighted by molar-refractivity contribution is 0.0302. The monoisotopic (exact) mass is 454 g/mol. The first kappa shape index (κ1) is 22.0. The van der Waals surface area contributed by atoms with E-state index in [-0.39, 0.29) is 30.1 Å². The van der Waals surface area contributed by atoms with Crippen molar-refractivity contribution >= 4 is 47.4 Å². The van der Waals surface area contributed by atoms with E-state index in [1.807, 2.05) is 32.2 Å². The molecule has 0 spiro atoms. The molecule has 1 amide bonds. The second kappa shape index (κ2) is 10.7. The fourth-order valence-electron chi connectivity index (χ4n) is 1.58. The second-order valence-corrected chi connectivity index (χ2v) is 6.87. The van der Waals surface area contributed by atoms with Gasteiger partial charge in [-0.05, 0) is 32.2 Å². The Labute approximate surface area is 159 Å². The highest BCUT2D eigenvalue weighted by atomic mass is 127. The van der Waals surface area contributed by atoms with E-state index in [0.717, 1.165) is 6.54 Å². The largest absolute Gasteiger partial charge is 0.444 e. The maximum atomic E-state index is 11.8. The molecular formula is C15H27IN4O2S. The minimum absolute atomic E-state index is 0. The smallest absolute Gasteiger partial charge is 0.410 e.